The number of rotatable bonds is 10. The van der Waals surface area contributed by atoms with Crippen molar-refractivity contribution in [3.05, 3.63) is 108 Å². The lowest BCUT2D eigenvalue weighted by Gasteiger charge is -2.31. The van der Waals surface area contributed by atoms with Crippen LogP contribution < -0.4 is 9.47 Å². The smallest absolute Gasteiger partial charge is 0.279 e. The number of β-amino-alcohol motifs (C(OH)–C–C–N with tert-alkyl or cyclic N) is 1. The number of aliphatic hydroxyl groups is 1. The fourth-order valence-corrected chi connectivity index (χ4v) is 7.80. The zero-order chi connectivity index (χ0) is 34.3. The minimum Gasteiger partial charge on any atom is -0.431 e. The standard InChI is InChI=1S/C20H20F2N2OS.C19H20N2O2S/c21-20(22)10-13-24(14-11-20)12-9-15-5-7-16(8-6-15)25-19-23-17-3-1-2-4-18(17)26-19;22-15-10-12-21(13-15)11-9-14-5-7-16(8-6-14)23-19-20-17-3-1-2-4-18(17)24-19/h1-8H,9-14H2;1-8,15,22H,9-13H2. The Morgan fingerprint density at radius 1 is 0.660 bits per heavy atom. The summed E-state index contributed by atoms with van der Waals surface area (Å²) in [6.45, 7) is 4.57. The minimum absolute atomic E-state index is 0.0258. The Balaban J connectivity index is 0.000000157. The van der Waals surface area contributed by atoms with Crippen molar-refractivity contribution < 1.29 is 23.4 Å². The molecule has 1 unspecified atom stereocenters. The van der Waals surface area contributed by atoms with Crippen molar-refractivity contribution in [3.63, 3.8) is 0 Å². The number of hydrogen-bond acceptors (Lipinski definition) is 9. The molecule has 7 nitrogen and oxygen atoms in total. The third-order valence-corrected chi connectivity index (χ3v) is 10.9. The van der Waals surface area contributed by atoms with E-state index in [0.29, 0.717) is 23.5 Å². The van der Waals surface area contributed by atoms with Gasteiger partial charge in [0.2, 0.25) is 0 Å². The number of aliphatic hydroxyl groups excluding tert-OH is 1. The van der Waals surface area contributed by atoms with E-state index in [1.807, 2.05) is 78.9 Å². The second-order valence-electron chi connectivity index (χ2n) is 12.8. The molecule has 2 fully saturated rings. The Morgan fingerprint density at radius 2 is 1.14 bits per heavy atom. The number of alkyl halides is 2. The fraction of sp³-hybridized carbons (Fsp3) is 0.333. The van der Waals surface area contributed by atoms with Crippen molar-refractivity contribution in [2.45, 2.75) is 44.1 Å². The van der Waals surface area contributed by atoms with Gasteiger partial charge in [0, 0.05) is 52.1 Å². The number of benzene rings is 4. The van der Waals surface area contributed by atoms with Crippen LogP contribution in [0.3, 0.4) is 0 Å². The van der Waals surface area contributed by atoms with Crippen LogP contribution in [0, 0.1) is 0 Å². The highest BCUT2D eigenvalue weighted by molar-refractivity contribution is 7.20. The van der Waals surface area contributed by atoms with Gasteiger partial charge in [0.25, 0.3) is 16.3 Å². The lowest BCUT2D eigenvalue weighted by Crippen LogP contribution is -2.40. The lowest BCUT2D eigenvalue weighted by atomic mass is 10.1. The lowest BCUT2D eigenvalue weighted by molar-refractivity contribution is -0.0548. The van der Waals surface area contributed by atoms with Gasteiger partial charge in [-0.2, -0.15) is 0 Å². The maximum Gasteiger partial charge on any atom is 0.279 e. The van der Waals surface area contributed by atoms with Crippen LogP contribution in [-0.4, -0.2) is 76.2 Å². The zero-order valence-electron chi connectivity index (χ0n) is 27.7. The summed E-state index contributed by atoms with van der Waals surface area (Å²) in [4.78, 5) is 13.4. The highest BCUT2D eigenvalue weighted by Gasteiger charge is 2.33. The van der Waals surface area contributed by atoms with Crippen molar-refractivity contribution in [1.82, 2.24) is 19.8 Å². The molecule has 0 saturated carbocycles. The molecule has 2 aliphatic heterocycles. The first-order chi connectivity index (χ1) is 24.3. The van der Waals surface area contributed by atoms with Crippen molar-refractivity contribution >= 4 is 43.1 Å². The van der Waals surface area contributed by atoms with Crippen LogP contribution in [0.25, 0.3) is 20.4 Å². The number of hydrogen-bond donors (Lipinski definition) is 1. The molecule has 2 aromatic heterocycles. The Labute approximate surface area is 298 Å². The molecule has 0 amide bonds. The van der Waals surface area contributed by atoms with Gasteiger partial charge in [-0.05, 0) is 78.9 Å². The number of aromatic nitrogens is 2. The maximum absolute atomic E-state index is 13.2. The Kier molecular flexibility index (Phi) is 11.0. The second-order valence-corrected chi connectivity index (χ2v) is 14.8. The number of nitrogens with zero attached hydrogens (tertiary/aromatic N) is 4. The largest absolute Gasteiger partial charge is 0.431 e. The van der Waals surface area contributed by atoms with Crippen LogP contribution in [-0.2, 0) is 12.8 Å². The normalized spacial score (nSPS) is 17.9. The van der Waals surface area contributed by atoms with E-state index in [1.165, 1.54) is 22.5 Å². The summed E-state index contributed by atoms with van der Waals surface area (Å²) in [5, 5.41) is 10.9. The first-order valence-corrected chi connectivity index (χ1v) is 18.7. The number of fused-ring (bicyclic) bond motifs is 2. The van der Waals surface area contributed by atoms with E-state index in [-0.39, 0.29) is 18.9 Å². The van der Waals surface area contributed by atoms with Crippen LogP contribution in [0.2, 0.25) is 0 Å². The molecule has 260 valence electrons. The molecule has 1 atom stereocenters. The molecule has 0 aliphatic carbocycles. The summed E-state index contributed by atoms with van der Waals surface area (Å²) in [5.41, 5.74) is 4.38. The predicted octanol–water partition coefficient (Wildman–Crippen LogP) is 9.06. The number of halogens is 2. The number of piperidine rings is 1. The van der Waals surface area contributed by atoms with Gasteiger partial charge in [-0.25, -0.2) is 18.7 Å². The molecule has 4 aromatic carbocycles. The van der Waals surface area contributed by atoms with Gasteiger partial charge in [0.05, 0.1) is 26.5 Å². The van der Waals surface area contributed by atoms with Gasteiger partial charge < -0.3 is 24.4 Å². The molecular weight excluding hydrogens is 675 g/mol. The first kappa shape index (κ1) is 34.4. The summed E-state index contributed by atoms with van der Waals surface area (Å²) >= 11 is 3.08. The summed E-state index contributed by atoms with van der Waals surface area (Å²) in [6.07, 6.45) is 2.55. The van der Waals surface area contributed by atoms with E-state index in [4.69, 9.17) is 9.47 Å². The van der Waals surface area contributed by atoms with Gasteiger partial charge in [-0.3, -0.25) is 0 Å². The van der Waals surface area contributed by atoms with Crippen LogP contribution in [0.5, 0.6) is 21.9 Å². The summed E-state index contributed by atoms with van der Waals surface area (Å²) < 4.78 is 40.3. The van der Waals surface area contributed by atoms with Crippen LogP contribution in [0.4, 0.5) is 8.78 Å². The molecule has 8 rings (SSSR count). The molecule has 50 heavy (non-hydrogen) atoms. The van der Waals surface area contributed by atoms with E-state index < -0.39 is 5.92 Å². The molecule has 2 aliphatic rings. The fourth-order valence-electron chi connectivity index (χ4n) is 6.13. The van der Waals surface area contributed by atoms with E-state index in [2.05, 4.69) is 38.0 Å². The van der Waals surface area contributed by atoms with E-state index in [0.717, 1.165) is 77.4 Å². The zero-order valence-corrected chi connectivity index (χ0v) is 29.4. The van der Waals surface area contributed by atoms with Gasteiger partial charge in [-0.1, -0.05) is 71.2 Å². The average Bonchev–Trinajstić information content (AvgIpc) is 3.86. The van der Waals surface area contributed by atoms with Crippen molar-refractivity contribution in [3.8, 4) is 21.9 Å². The van der Waals surface area contributed by atoms with Gasteiger partial charge in [0.1, 0.15) is 11.5 Å². The highest BCUT2D eigenvalue weighted by Crippen LogP contribution is 2.33. The van der Waals surface area contributed by atoms with Gasteiger partial charge in [-0.15, -0.1) is 0 Å². The molecule has 0 radical (unpaired) electrons. The highest BCUT2D eigenvalue weighted by atomic mass is 32.1. The Hall–Kier alpha value is -4.00. The number of ether oxygens (including phenoxy) is 2. The number of thiazole rings is 2. The molecule has 0 spiro atoms. The molecule has 11 heteroatoms. The summed E-state index contributed by atoms with van der Waals surface area (Å²) in [6, 6.07) is 32.1. The van der Waals surface area contributed by atoms with Crippen LogP contribution in [0.1, 0.15) is 30.4 Å². The van der Waals surface area contributed by atoms with Crippen molar-refractivity contribution in [1.29, 1.82) is 0 Å². The minimum atomic E-state index is -2.48. The van der Waals surface area contributed by atoms with E-state index in [9.17, 15) is 13.9 Å². The Morgan fingerprint density at radius 3 is 1.60 bits per heavy atom. The third kappa shape index (κ3) is 9.41. The average molecular weight is 715 g/mol. The van der Waals surface area contributed by atoms with Crippen LogP contribution >= 0.6 is 22.7 Å². The van der Waals surface area contributed by atoms with E-state index >= 15 is 0 Å². The molecule has 0 bridgehead atoms. The molecule has 6 aromatic rings. The predicted molar refractivity (Wildman–Crippen MR) is 197 cm³/mol. The van der Waals surface area contributed by atoms with Crippen molar-refractivity contribution in [2.75, 3.05) is 39.3 Å². The SMILES string of the molecule is FC1(F)CCN(CCc2ccc(Oc3nc4ccccc4s3)cc2)CC1.OC1CCN(CCc2ccc(Oc3nc4ccccc4s3)cc2)C1. The Bertz CT molecular complexity index is 1910. The molecule has 1 N–H and O–H groups in total. The quantitative estimate of drug-likeness (QED) is 0.152. The summed E-state index contributed by atoms with van der Waals surface area (Å²) in [5.74, 6) is -0.907. The topological polar surface area (TPSA) is 71.0 Å². The maximum atomic E-state index is 13.2. The summed E-state index contributed by atoms with van der Waals surface area (Å²) in [7, 11) is 0. The van der Waals surface area contributed by atoms with Gasteiger partial charge in [0.15, 0.2) is 0 Å². The third-order valence-electron chi connectivity index (χ3n) is 9.07. The van der Waals surface area contributed by atoms with Crippen molar-refractivity contribution in [2.24, 2.45) is 0 Å². The van der Waals surface area contributed by atoms with Gasteiger partial charge >= 0.3 is 0 Å². The second kappa shape index (κ2) is 15.9. The first-order valence-electron chi connectivity index (χ1n) is 17.1. The molecule has 4 heterocycles. The molecular formula is C39H40F2N4O3S2. The molecule has 2 saturated heterocycles. The number of para-hydroxylation sites is 2. The number of likely N-dealkylation sites (tertiary alicyclic amines) is 2. The monoisotopic (exact) mass is 714 g/mol. The van der Waals surface area contributed by atoms with E-state index in [1.54, 1.807) is 11.3 Å². The van der Waals surface area contributed by atoms with Crippen LogP contribution in [0.15, 0.2) is 97.1 Å².